The third kappa shape index (κ3) is 10.3. The molecule has 0 saturated carbocycles. The van der Waals surface area contributed by atoms with Gasteiger partial charge in [-0.05, 0) is 13.0 Å². The third-order valence-electron chi connectivity index (χ3n) is 6.39. The van der Waals surface area contributed by atoms with E-state index in [1.54, 1.807) is 6.82 Å². The molecule has 0 unspecified atom stereocenters. The van der Waals surface area contributed by atoms with Gasteiger partial charge in [-0.15, -0.1) is 0 Å². The quantitative estimate of drug-likeness (QED) is 0.218. The van der Waals surface area contributed by atoms with Crippen LogP contribution >= 0.6 is 0 Å². The normalized spacial score (nSPS) is 12.5. The first-order valence-corrected chi connectivity index (χ1v) is 10.6. The molecule has 3 nitrogen and oxygen atoms in total. The Kier molecular flexibility index (Phi) is 19.6. The van der Waals surface area contributed by atoms with Gasteiger partial charge >= 0.3 is 0 Å². The van der Waals surface area contributed by atoms with Crippen molar-refractivity contribution in [3.63, 3.8) is 0 Å². The molecule has 0 spiro atoms. The predicted octanol–water partition coefficient (Wildman–Crippen LogP) is -7.16. The van der Waals surface area contributed by atoms with Gasteiger partial charge in [0, 0.05) is 147 Å². The molecule has 1 rings (SSSR count). The summed E-state index contributed by atoms with van der Waals surface area (Å²) in [6.07, 6.45) is -4.84. The minimum atomic E-state index is -0.958. The summed E-state index contributed by atoms with van der Waals surface area (Å²) < 4.78 is 0. The molecule has 134 valence electrons. The van der Waals surface area contributed by atoms with Gasteiger partial charge in [-0.3, -0.25) is 0 Å². The monoisotopic (exact) mass is 479 g/mol. The average molecular weight is 475 g/mol. The zero-order valence-corrected chi connectivity index (χ0v) is 22.8. The van der Waals surface area contributed by atoms with Crippen molar-refractivity contribution in [2.75, 3.05) is 13.1 Å². The van der Waals surface area contributed by atoms with Crippen LogP contribution in [-0.2, 0) is 32.7 Å². The first-order chi connectivity index (χ1) is 14.3. The van der Waals surface area contributed by atoms with Crippen LogP contribution in [0.5, 0.6) is 0 Å². The summed E-state index contributed by atoms with van der Waals surface area (Å²) in [6.45, 7) is 5.15. The van der Waals surface area contributed by atoms with Gasteiger partial charge in [0.1, 0.15) is 6.63 Å². The van der Waals surface area contributed by atoms with Gasteiger partial charge in [-0.2, -0.15) is 0 Å². The molecule has 1 heterocycles. The van der Waals surface area contributed by atoms with Crippen LogP contribution in [0.4, 0.5) is 0 Å². The minimum Gasteiger partial charge on any atom is -0.466 e. The first-order valence-electron chi connectivity index (χ1n) is 10.6. The topological polar surface area (TPSA) is 43.7 Å². The molecule has 0 amide bonds. The molecule has 0 aromatic heterocycles. The van der Waals surface area contributed by atoms with Gasteiger partial charge in [0.2, 0.25) is 14.2 Å². The summed E-state index contributed by atoms with van der Waals surface area (Å²) in [4.78, 5) is 2.08. The molecule has 0 aliphatic carbocycles. The van der Waals surface area contributed by atoms with Crippen LogP contribution in [0.2, 0.25) is 6.82 Å². The van der Waals surface area contributed by atoms with Crippen molar-refractivity contribution in [3.8, 4) is 0 Å². The van der Waals surface area contributed by atoms with E-state index in [1.807, 2.05) is 6.08 Å². The van der Waals surface area contributed by atoms with Gasteiger partial charge < -0.3 is 22.3 Å². The number of nitrogens with zero attached hydrogens (tertiary/aromatic N) is 1. The van der Waals surface area contributed by atoms with E-state index < -0.39 is 70.9 Å². The largest absolute Gasteiger partial charge is 0.466 e. The summed E-state index contributed by atoms with van der Waals surface area (Å²) in [6, 6.07) is 0. The SMILES string of the molecule is [B]B([B])B(B([B])[B])B(B(B([B])[B])B(C)O)B(B(B([B])[B])B([B])[B]O)N1CC=C([CH2-])CC1.[CH3-].[Y]. The Morgan fingerprint density at radius 3 is 1.64 bits per heavy atom. The fourth-order valence-corrected chi connectivity index (χ4v) is 4.93. The summed E-state index contributed by atoms with van der Waals surface area (Å²) >= 11 is 0. The number of rotatable bonds is 12. The van der Waals surface area contributed by atoms with Crippen molar-refractivity contribution < 1.29 is 42.8 Å². The van der Waals surface area contributed by atoms with Crippen molar-refractivity contribution in [2.24, 2.45) is 0 Å². The zero-order chi connectivity index (χ0) is 24.0. The molecule has 1 aliphatic rings. The maximum Gasteiger partial charge on any atom is 0.229 e. The van der Waals surface area contributed by atoms with Gasteiger partial charge in [-0.25, -0.2) is 18.6 Å². The molecule has 33 heavy (non-hydrogen) atoms. The summed E-state index contributed by atoms with van der Waals surface area (Å²) in [5.74, 6) is 0. The predicted molar refractivity (Wildman–Crippen MR) is 167 cm³/mol. The average Bonchev–Trinajstić information content (AvgIpc) is 2.64. The Balaban J connectivity index is 0. The Labute approximate surface area is 245 Å². The summed E-state index contributed by atoms with van der Waals surface area (Å²) in [5, 5.41) is 20.4. The molecule has 0 bridgehead atoms. The molecule has 2 N–H and O–H groups in total. The van der Waals surface area contributed by atoms with Crippen molar-refractivity contribution in [1.82, 2.24) is 4.81 Å². The standard InChI is InChI=1S/C7H14B21NO2.CH3.Y/c1-7-3-5-29(6-4-7)28(26(22(14)15)23(16)17-30)27(24(18(2)31)19(8)9)25(20(10)11)21(12)13;;/h3,30-31H,1,4-6H2,2H3;1H3;/q2*-1;. The molecular formula is C8H17B21NO2Y-2. The molecule has 0 aromatic carbocycles. The van der Waals surface area contributed by atoms with Gasteiger partial charge in [0.15, 0.2) is 0 Å². The van der Waals surface area contributed by atoms with Gasteiger partial charge in [-0.1, -0.05) is 13.4 Å². The van der Waals surface area contributed by atoms with Crippen LogP contribution in [0.15, 0.2) is 11.6 Å². The second-order valence-corrected chi connectivity index (χ2v) is 8.68. The Hall–Kier alpha value is 1.96. The van der Waals surface area contributed by atoms with E-state index in [2.05, 4.69) is 11.7 Å². The Morgan fingerprint density at radius 2 is 1.33 bits per heavy atom. The number of hydrogen-bond acceptors (Lipinski definition) is 3. The molecule has 0 saturated heterocycles. The molecule has 25 heteroatoms. The zero-order valence-electron chi connectivity index (χ0n) is 19.9. The van der Waals surface area contributed by atoms with E-state index in [-0.39, 0.29) is 40.1 Å². The fourth-order valence-electron chi connectivity index (χ4n) is 4.93. The first kappa shape index (κ1) is 37.1. The van der Waals surface area contributed by atoms with E-state index in [4.69, 9.17) is 69.6 Å². The number of hydrogen-bond donors (Lipinski definition) is 2. The van der Waals surface area contributed by atoms with Crippen LogP contribution in [0.3, 0.4) is 0 Å². The van der Waals surface area contributed by atoms with Crippen LogP contribution in [0.25, 0.3) is 0 Å². The molecule has 0 fully saturated rings. The second-order valence-electron chi connectivity index (χ2n) is 8.68. The van der Waals surface area contributed by atoms with Gasteiger partial charge in [0.25, 0.3) is 0 Å². The van der Waals surface area contributed by atoms with Crippen molar-refractivity contribution in [2.45, 2.75) is 13.2 Å². The minimum absolute atomic E-state index is 0. The fraction of sp³-hybridized carbons (Fsp3) is 0.500. The van der Waals surface area contributed by atoms with Crippen LogP contribution in [-0.4, -0.2) is 176 Å². The Morgan fingerprint density at radius 1 is 0.879 bits per heavy atom. The van der Waals surface area contributed by atoms with Crippen molar-refractivity contribution in [1.29, 1.82) is 0 Å². The summed E-state index contributed by atoms with van der Waals surface area (Å²) in [7, 11) is 56.1. The second kappa shape index (κ2) is 17.5. The molecule has 0 aromatic rings. The van der Waals surface area contributed by atoms with Gasteiger partial charge in [0.05, 0.1) is 12.8 Å². The van der Waals surface area contributed by atoms with E-state index in [0.717, 1.165) is 12.9 Å². The van der Waals surface area contributed by atoms with Crippen LogP contribution in [0, 0.1) is 14.4 Å². The maximum atomic E-state index is 10.7. The molecule has 0 atom stereocenters. The molecular weight excluding hydrogens is 458 g/mol. The summed E-state index contributed by atoms with van der Waals surface area (Å²) in [5.41, 5.74) is 0.989. The van der Waals surface area contributed by atoms with E-state index in [1.165, 1.54) is 0 Å². The smallest absolute Gasteiger partial charge is 0.229 e. The maximum absolute atomic E-state index is 10.7. The Bertz CT molecular complexity index is 532. The van der Waals surface area contributed by atoms with Crippen LogP contribution < -0.4 is 0 Å². The van der Waals surface area contributed by atoms with E-state index >= 15 is 0 Å². The van der Waals surface area contributed by atoms with E-state index in [0.29, 0.717) is 19.5 Å². The third-order valence-corrected chi connectivity index (χ3v) is 6.39. The molecule has 1 aliphatic heterocycles. The van der Waals surface area contributed by atoms with E-state index in [9.17, 15) is 10.0 Å². The van der Waals surface area contributed by atoms with Crippen molar-refractivity contribution >= 4 is 148 Å². The van der Waals surface area contributed by atoms with Crippen LogP contribution in [0.1, 0.15) is 6.42 Å². The van der Waals surface area contributed by atoms with Crippen molar-refractivity contribution in [3.05, 3.63) is 26.0 Å². The molecule has 20 radical (unpaired) electrons.